The molecule has 0 aliphatic heterocycles. The minimum atomic E-state index is -0.708. The highest BCUT2D eigenvalue weighted by Gasteiger charge is 2.07. The molecule has 8 nitrogen and oxygen atoms in total. The molecule has 1 aromatic carbocycles. The average molecular weight is 275 g/mol. The van der Waals surface area contributed by atoms with E-state index in [1.165, 1.54) is 6.33 Å². The molecule has 2 aromatic rings. The van der Waals surface area contributed by atoms with Crippen LogP contribution in [0.3, 0.4) is 0 Å². The molecule has 0 aliphatic rings. The van der Waals surface area contributed by atoms with Crippen LogP contribution in [0.4, 0.5) is 4.79 Å². The van der Waals surface area contributed by atoms with E-state index in [9.17, 15) is 9.59 Å². The summed E-state index contributed by atoms with van der Waals surface area (Å²) in [6.07, 6.45) is 2.27. The van der Waals surface area contributed by atoms with Crippen LogP contribution in [-0.4, -0.2) is 33.4 Å². The van der Waals surface area contributed by atoms with Gasteiger partial charge in [0.05, 0.1) is 12.3 Å². The zero-order valence-corrected chi connectivity index (χ0v) is 10.7. The Hall–Kier alpha value is -2.90. The van der Waals surface area contributed by atoms with Gasteiger partial charge < -0.3 is 4.74 Å². The van der Waals surface area contributed by atoms with Gasteiger partial charge >= 0.3 is 6.09 Å². The molecule has 2 rings (SSSR count). The first-order valence-corrected chi connectivity index (χ1v) is 5.89. The predicted octanol–water partition coefficient (Wildman–Crippen LogP) is 0.658. The van der Waals surface area contributed by atoms with Crippen LogP contribution >= 0.6 is 0 Å². The van der Waals surface area contributed by atoms with E-state index in [1.54, 1.807) is 42.2 Å². The molecule has 0 saturated carbocycles. The normalized spacial score (nSPS) is 9.85. The molecule has 0 fully saturated rings. The van der Waals surface area contributed by atoms with Crippen LogP contribution in [0.2, 0.25) is 0 Å². The van der Waals surface area contributed by atoms with Crippen molar-refractivity contribution < 1.29 is 14.3 Å². The number of amides is 2. The zero-order chi connectivity index (χ0) is 14.4. The van der Waals surface area contributed by atoms with Gasteiger partial charge in [-0.25, -0.2) is 19.9 Å². The third kappa shape index (κ3) is 3.31. The first kappa shape index (κ1) is 13.5. The topological polar surface area (TPSA) is 98.1 Å². The van der Waals surface area contributed by atoms with Crippen LogP contribution in [-0.2, 0) is 4.74 Å². The molecule has 0 bridgehead atoms. The number of hydrazine groups is 1. The quantitative estimate of drug-likeness (QED) is 0.802. The van der Waals surface area contributed by atoms with Gasteiger partial charge in [-0.1, -0.05) is 0 Å². The second kappa shape index (κ2) is 6.32. The minimum Gasteiger partial charge on any atom is -0.449 e. The fourth-order valence-corrected chi connectivity index (χ4v) is 1.45. The van der Waals surface area contributed by atoms with E-state index in [1.807, 2.05) is 0 Å². The molecule has 0 spiro atoms. The van der Waals surface area contributed by atoms with Crippen molar-refractivity contribution in [3.63, 3.8) is 0 Å². The summed E-state index contributed by atoms with van der Waals surface area (Å²) in [7, 11) is 0. The van der Waals surface area contributed by atoms with Crippen molar-refractivity contribution in [2.24, 2.45) is 0 Å². The number of nitrogens with zero attached hydrogens (tertiary/aromatic N) is 3. The van der Waals surface area contributed by atoms with Gasteiger partial charge in [-0.05, 0) is 31.2 Å². The van der Waals surface area contributed by atoms with Gasteiger partial charge in [0.2, 0.25) is 0 Å². The maximum absolute atomic E-state index is 11.7. The Morgan fingerprint density at radius 2 is 2.00 bits per heavy atom. The van der Waals surface area contributed by atoms with Gasteiger partial charge in [-0.15, -0.1) is 0 Å². The Balaban J connectivity index is 1.96. The minimum absolute atomic E-state index is 0.230. The smallest absolute Gasteiger partial charge is 0.426 e. The van der Waals surface area contributed by atoms with Crippen LogP contribution in [0.1, 0.15) is 17.3 Å². The Kier molecular flexibility index (Phi) is 4.28. The summed E-state index contributed by atoms with van der Waals surface area (Å²) in [6.45, 7) is 1.90. The molecular weight excluding hydrogens is 262 g/mol. The third-order valence-electron chi connectivity index (χ3n) is 2.37. The second-order valence-electron chi connectivity index (χ2n) is 3.69. The lowest BCUT2D eigenvalue weighted by Gasteiger charge is -2.07. The number of aromatic nitrogens is 3. The molecular formula is C12H13N5O3. The Morgan fingerprint density at radius 3 is 2.60 bits per heavy atom. The molecule has 2 amide bonds. The van der Waals surface area contributed by atoms with Gasteiger partial charge in [-0.2, -0.15) is 5.10 Å². The highest BCUT2D eigenvalue weighted by molar-refractivity contribution is 5.95. The number of carbonyl (C=O) groups is 2. The maximum Gasteiger partial charge on any atom is 0.426 e. The van der Waals surface area contributed by atoms with Gasteiger partial charge in [0.1, 0.15) is 12.7 Å². The van der Waals surface area contributed by atoms with Crippen molar-refractivity contribution in [2.45, 2.75) is 6.92 Å². The fourth-order valence-electron chi connectivity index (χ4n) is 1.45. The summed E-state index contributed by atoms with van der Waals surface area (Å²) in [4.78, 5) is 26.6. The number of hydrogen-bond donors (Lipinski definition) is 2. The SMILES string of the molecule is CCOC(=O)NNC(=O)c1ccc(-n2cncn2)cc1. The lowest BCUT2D eigenvalue weighted by Crippen LogP contribution is -2.41. The van der Waals surface area contributed by atoms with Gasteiger partial charge in [-0.3, -0.25) is 10.2 Å². The molecule has 8 heteroatoms. The first-order valence-electron chi connectivity index (χ1n) is 5.89. The van der Waals surface area contributed by atoms with Crippen molar-refractivity contribution in [3.05, 3.63) is 42.5 Å². The molecule has 0 aliphatic carbocycles. The lowest BCUT2D eigenvalue weighted by atomic mass is 10.2. The third-order valence-corrected chi connectivity index (χ3v) is 2.37. The van der Waals surface area contributed by atoms with Crippen LogP contribution in [0.25, 0.3) is 5.69 Å². The Morgan fingerprint density at radius 1 is 1.25 bits per heavy atom. The second-order valence-corrected chi connectivity index (χ2v) is 3.69. The molecule has 0 radical (unpaired) electrons. The van der Waals surface area contributed by atoms with E-state index < -0.39 is 12.0 Å². The zero-order valence-electron chi connectivity index (χ0n) is 10.7. The van der Waals surface area contributed by atoms with Crippen molar-refractivity contribution >= 4 is 12.0 Å². The van der Waals surface area contributed by atoms with Crippen molar-refractivity contribution in [2.75, 3.05) is 6.61 Å². The summed E-state index contributed by atoms with van der Waals surface area (Å²) in [5.74, 6) is -0.441. The van der Waals surface area contributed by atoms with Gasteiger partial charge in [0.15, 0.2) is 0 Å². The first-order chi connectivity index (χ1) is 9.70. The lowest BCUT2D eigenvalue weighted by molar-refractivity contribution is 0.0912. The van der Waals surface area contributed by atoms with Crippen molar-refractivity contribution in [1.29, 1.82) is 0 Å². The molecule has 2 N–H and O–H groups in total. The summed E-state index contributed by atoms with van der Waals surface area (Å²) in [5, 5.41) is 3.97. The monoisotopic (exact) mass is 275 g/mol. The van der Waals surface area contributed by atoms with Crippen LogP contribution < -0.4 is 10.9 Å². The van der Waals surface area contributed by atoms with E-state index in [2.05, 4.69) is 25.7 Å². The van der Waals surface area contributed by atoms with Gasteiger partial charge in [0, 0.05) is 5.56 Å². The summed E-state index contributed by atoms with van der Waals surface area (Å²) >= 11 is 0. The molecule has 1 heterocycles. The molecule has 0 unspecified atom stereocenters. The molecule has 0 saturated heterocycles. The largest absolute Gasteiger partial charge is 0.449 e. The molecule has 1 aromatic heterocycles. The highest BCUT2D eigenvalue weighted by atomic mass is 16.5. The van der Waals surface area contributed by atoms with Crippen molar-refractivity contribution in [1.82, 2.24) is 25.6 Å². The van der Waals surface area contributed by atoms with E-state index in [-0.39, 0.29) is 6.61 Å². The highest BCUT2D eigenvalue weighted by Crippen LogP contribution is 2.07. The fraction of sp³-hybridized carbons (Fsp3) is 0.167. The van der Waals surface area contributed by atoms with Crippen LogP contribution in [0.15, 0.2) is 36.9 Å². The van der Waals surface area contributed by atoms with Crippen LogP contribution in [0.5, 0.6) is 0 Å². The summed E-state index contributed by atoms with van der Waals surface area (Å²) < 4.78 is 6.18. The number of benzene rings is 1. The van der Waals surface area contributed by atoms with Crippen LogP contribution in [0, 0.1) is 0 Å². The van der Waals surface area contributed by atoms with E-state index in [4.69, 9.17) is 0 Å². The van der Waals surface area contributed by atoms with Crippen molar-refractivity contribution in [3.8, 4) is 5.69 Å². The number of ether oxygens (including phenoxy) is 1. The van der Waals surface area contributed by atoms with E-state index in [0.717, 1.165) is 5.69 Å². The standard InChI is InChI=1S/C12H13N5O3/c1-2-20-12(19)16-15-11(18)9-3-5-10(6-4-9)17-8-13-7-14-17/h3-8H,2H2,1H3,(H,15,18)(H,16,19). The Labute approximate surface area is 114 Å². The summed E-state index contributed by atoms with van der Waals surface area (Å²) in [6, 6.07) is 6.65. The number of carbonyl (C=O) groups excluding carboxylic acids is 2. The Bertz CT molecular complexity index is 580. The predicted molar refractivity (Wildman–Crippen MR) is 69.0 cm³/mol. The molecule has 104 valence electrons. The number of nitrogens with one attached hydrogen (secondary N) is 2. The maximum atomic E-state index is 11.7. The average Bonchev–Trinajstić information content (AvgIpc) is 2.99. The number of rotatable bonds is 3. The molecule has 0 atom stereocenters. The summed E-state index contributed by atoms with van der Waals surface area (Å²) in [5.41, 5.74) is 5.54. The number of hydrogen-bond acceptors (Lipinski definition) is 5. The van der Waals surface area contributed by atoms with E-state index >= 15 is 0 Å². The van der Waals surface area contributed by atoms with E-state index in [0.29, 0.717) is 5.56 Å². The van der Waals surface area contributed by atoms with Gasteiger partial charge in [0.25, 0.3) is 5.91 Å². The molecule has 20 heavy (non-hydrogen) atoms.